The van der Waals surface area contributed by atoms with Crippen LogP contribution in [0.15, 0.2) is 42.6 Å². The molecule has 21 heavy (non-hydrogen) atoms. The van der Waals surface area contributed by atoms with E-state index >= 15 is 0 Å². The minimum absolute atomic E-state index is 0.0582. The van der Waals surface area contributed by atoms with Gasteiger partial charge >= 0.3 is 5.97 Å². The molecule has 0 aliphatic heterocycles. The topological polar surface area (TPSA) is 85.8 Å². The Bertz CT molecular complexity index is 776. The predicted molar refractivity (Wildman–Crippen MR) is 74.7 cm³/mol. The zero-order chi connectivity index (χ0) is 14.8. The average molecular weight is 283 g/mol. The van der Waals surface area contributed by atoms with Crippen LogP contribution in [0.4, 0.5) is 0 Å². The van der Waals surface area contributed by atoms with Crippen LogP contribution in [0.1, 0.15) is 16.2 Å². The normalized spacial score (nSPS) is 10.7. The van der Waals surface area contributed by atoms with Gasteiger partial charge in [0.25, 0.3) is 0 Å². The van der Waals surface area contributed by atoms with Crippen LogP contribution in [0.5, 0.6) is 0 Å². The summed E-state index contributed by atoms with van der Waals surface area (Å²) < 4.78 is 3.24. The van der Waals surface area contributed by atoms with E-state index in [0.29, 0.717) is 12.2 Å². The number of benzene rings is 1. The SMILES string of the molecule is Cn1ccc(Cn2nnc(C(=O)O)c2-c2ccccc2)n1. The molecule has 1 N–H and O–H groups in total. The lowest BCUT2D eigenvalue weighted by atomic mass is 10.1. The molecule has 2 heterocycles. The van der Waals surface area contributed by atoms with Crippen LogP contribution in [0.2, 0.25) is 0 Å². The molecule has 0 saturated heterocycles. The first-order chi connectivity index (χ1) is 10.1. The van der Waals surface area contributed by atoms with Crippen LogP contribution >= 0.6 is 0 Å². The Morgan fingerprint density at radius 2 is 2.00 bits per heavy atom. The maximum Gasteiger partial charge on any atom is 0.358 e. The fraction of sp³-hybridized carbons (Fsp3) is 0.143. The number of aryl methyl sites for hydroxylation is 1. The second-order valence-electron chi connectivity index (χ2n) is 4.60. The van der Waals surface area contributed by atoms with Gasteiger partial charge in [-0.1, -0.05) is 35.5 Å². The summed E-state index contributed by atoms with van der Waals surface area (Å²) in [6.07, 6.45) is 1.83. The molecule has 2 aromatic heterocycles. The first-order valence-electron chi connectivity index (χ1n) is 6.36. The van der Waals surface area contributed by atoms with E-state index in [4.69, 9.17) is 0 Å². The average Bonchev–Trinajstić information content (AvgIpc) is 3.07. The van der Waals surface area contributed by atoms with Crippen molar-refractivity contribution in [2.24, 2.45) is 7.05 Å². The predicted octanol–water partition coefficient (Wildman–Crippen LogP) is 1.43. The molecule has 7 heteroatoms. The Balaban J connectivity index is 2.07. The summed E-state index contributed by atoms with van der Waals surface area (Å²) in [4.78, 5) is 11.3. The molecule has 106 valence electrons. The summed E-state index contributed by atoms with van der Waals surface area (Å²) >= 11 is 0. The number of carboxylic acid groups (broad SMARTS) is 1. The number of nitrogens with zero attached hydrogens (tertiary/aromatic N) is 5. The number of aromatic nitrogens is 5. The van der Waals surface area contributed by atoms with Crippen LogP contribution < -0.4 is 0 Å². The Labute approximate surface area is 120 Å². The van der Waals surface area contributed by atoms with Gasteiger partial charge in [-0.05, 0) is 6.07 Å². The van der Waals surface area contributed by atoms with E-state index in [-0.39, 0.29) is 5.69 Å². The number of rotatable bonds is 4. The summed E-state index contributed by atoms with van der Waals surface area (Å²) in [6, 6.07) is 11.1. The van der Waals surface area contributed by atoms with Crippen molar-refractivity contribution in [3.05, 3.63) is 54.0 Å². The minimum Gasteiger partial charge on any atom is -0.476 e. The molecule has 3 aromatic rings. The molecule has 0 aliphatic rings. The number of aromatic carboxylic acids is 1. The van der Waals surface area contributed by atoms with Crippen molar-refractivity contribution in [3.8, 4) is 11.3 Å². The highest BCUT2D eigenvalue weighted by molar-refractivity contribution is 5.92. The summed E-state index contributed by atoms with van der Waals surface area (Å²) in [6.45, 7) is 0.366. The van der Waals surface area contributed by atoms with Crippen molar-refractivity contribution in [2.45, 2.75) is 6.54 Å². The number of hydrogen-bond acceptors (Lipinski definition) is 4. The van der Waals surface area contributed by atoms with Gasteiger partial charge in [0.2, 0.25) is 0 Å². The Morgan fingerprint density at radius 1 is 1.24 bits per heavy atom. The fourth-order valence-electron chi connectivity index (χ4n) is 2.15. The zero-order valence-corrected chi connectivity index (χ0v) is 11.3. The summed E-state index contributed by atoms with van der Waals surface area (Å²) in [7, 11) is 1.83. The molecule has 1 aromatic carbocycles. The highest BCUT2D eigenvalue weighted by Gasteiger charge is 2.20. The number of hydrogen-bond donors (Lipinski definition) is 1. The van der Waals surface area contributed by atoms with E-state index < -0.39 is 5.97 Å². The number of carboxylic acids is 1. The molecule has 0 bridgehead atoms. The molecule has 0 aliphatic carbocycles. The van der Waals surface area contributed by atoms with E-state index in [0.717, 1.165) is 11.3 Å². The van der Waals surface area contributed by atoms with Gasteiger partial charge in [-0.3, -0.25) is 4.68 Å². The van der Waals surface area contributed by atoms with Crippen molar-refractivity contribution in [3.63, 3.8) is 0 Å². The lowest BCUT2D eigenvalue weighted by Gasteiger charge is -2.05. The highest BCUT2D eigenvalue weighted by atomic mass is 16.4. The van der Waals surface area contributed by atoms with Crippen LogP contribution in [0.3, 0.4) is 0 Å². The van der Waals surface area contributed by atoms with Crippen molar-refractivity contribution in [1.82, 2.24) is 24.8 Å². The van der Waals surface area contributed by atoms with E-state index in [1.807, 2.05) is 49.6 Å². The van der Waals surface area contributed by atoms with Crippen molar-refractivity contribution >= 4 is 5.97 Å². The monoisotopic (exact) mass is 283 g/mol. The molecular formula is C14H13N5O2. The number of carbonyl (C=O) groups is 1. The van der Waals surface area contributed by atoms with Gasteiger partial charge in [0.15, 0.2) is 5.69 Å². The Morgan fingerprint density at radius 3 is 2.62 bits per heavy atom. The quantitative estimate of drug-likeness (QED) is 0.782. The van der Waals surface area contributed by atoms with Gasteiger partial charge < -0.3 is 5.11 Å². The van der Waals surface area contributed by atoms with Gasteiger partial charge in [-0.2, -0.15) is 5.10 Å². The van der Waals surface area contributed by atoms with Crippen LogP contribution in [0.25, 0.3) is 11.3 Å². The first kappa shape index (κ1) is 13.0. The molecule has 3 rings (SSSR count). The highest BCUT2D eigenvalue weighted by Crippen LogP contribution is 2.22. The first-order valence-corrected chi connectivity index (χ1v) is 6.36. The summed E-state index contributed by atoms with van der Waals surface area (Å²) in [5, 5.41) is 21.3. The van der Waals surface area contributed by atoms with Gasteiger partial charge in [0, 0.05) is 18.8 Å². The molecule has 7 nitrogen and oxygen atoms in total. The third kappa shape index (κ3) is 2.53. The standard InChI is InChI=1S/C14H13N5O2/c1-18-8-7-11(16-18)9-19-13(10-5-3-2-4-6-10)12(14(20)21)15-17-19/h2-8H,9H2,1H3,(H,20,21). The van der Waals surface area contributed by atoms with Gasteiger partial charge in [0.1, 0.15) is 5.69 Å². The third-order valence-electron chi connectivity index (χ3n) is 3.07. The van der Waals surface area contributed by atoms with Crippen LogP contribution in [-0.2, 0) is 13.6 Å². The van der Waals surface area contributed by atoms with Gasteiger partial charge in [-0.25, -0.2) is 9.48 Å². The van der Waals surface area contributed by atoms with Crippen LogP contribution in [-0.4, -0.2) is 35.9 Å². The molecular weight excluding hydrogens is 270 g/mol. The van der Waals surface area contributed by atoms with E-state index in [2.05, 4.69) is 15.4 Å². The zero-order valence-electron chi connectivity index (χ0n) is 11.3. The second kappa shape index (κ2) is 5.20. The second-order valence-corrected chi connectivity index (χ2v) is 4.60. The van der Waals surface area contributed by atoms with Gasteiger partial charge in [-0.15, -0.1) is 5.10 Å². The smallest absolute Gasteiger partial charge is 0.358 e. The van der Waals surface area contributed by atoms with Crippen molar-refractivity contribution < 1.29 is 9.90 Å². The Hall–Kier alpha value is -2.96. The van der Waals surface area contributed by atoms with E-state index in [9.17, 15) is 9.90 Å². The molecule has 0 saturated carbocycles. The third-order valence-corrected chi connectivity index (χ3v) is 3.07. The lowest BCUT2D eigenvalue weighted by molar-refractivity contribution is 0.0691. The molecule has 0 radical (unpaired) electrons. The maximum absolute atomic E-state index is 11.3. The summed E-state index contributed by atoms with van der Waals surface area (Å²) in [5.74, 6) is -1.10. The fourth-order valence-corrected chi connectivity index (χ4v) is 2.15. The van der Waals surface area contributed by atoms with Gasteiger partial charge in [0.05, 0.1) is 12.2 Å². The molecule has 0 atom stereocenters. The Kier molecular flexibility index (Phi) is 3.23. The summed E-state index contributed by atoms with van der Waals surface area (Å²) in [5.41, 5.74) is 1.97. The molecule has 0 spiro atoms. The molecule has 0 fully saturated rings. The molecule has 0 unspecified atom stereocenters. The van der Waals surface area contributed by atoms with Crippen molar-refractivity contribution in [1.29, 1.82) is 0 Å². The minimum atomic E-state index is -1.10. The molecule has 0 amide bonds. The van der Waals surface area contributed by atoms with Crippen LogP contribution in [0, 0.1) is 0 Å². The largest absolute Gasteiger partial charge is 0.476 e. The van der Waals surface area contributed by atoms with E-state index in [1.165, 1.54) is 0 Å². The van der Waals surface area contributed by atoms with Crippen molar-refractivity contribution in [2.75, 3.05) is 0 Å². The maximum atomic E-state index is 11.3. The lowest BCUT2D eigenvalue weighted by Crippen LogP contribution is -2.07. The van der Waals surface area contributed by atoms with E-state index in [1.54, 1.807) is 9.36 Å².